The summed E-state index contributed by atoms with van der Waals surface area (Å²) in [5.41, 5.74) is 0. The Labute approximate surface area is 344 Å². The Morgan fingerprint density at radius 3 is 1.73 bits per heavy atom. The zero-order valence-electron chi connectivity index (χ0n) is 36.8. The minimum atomic E-state index is -4.29. The van der Waals surface area contributed by atoms with Crippen molar-refractivity contribution in [3.05, 3.63) is 36.5 Å². The second-order valence-corrected chi connectivity index (χ2v) is 18.3. The van der Waals surface area contributed by atoms with Gasteiger partial charge in [-0.2, -0.15) is 0 Å². The molecule has 0 aromatic rings. The predicted octanol–water partition coefficient (Wildman–Crippen LogP) is 12.4. The maximum atomic E-state index is 12.7. The lowest BCUT2D eigenvalue weighted by Gasteiger charge is -2.24. The van der Waals surface area contributed by atoms with E-state index < -0.39 is 13.9 Å². The Hall–Kier alpha value is -1.32. The molecule has 0 aromatic heterocycles. The number of rotatable bonds is 41. The number of carbonyl (C=O) groups excluding carboxylic acids is 1. The molecule has 1 aliphatic heterocycles. The Balaban J connectivity index is 2.25. The molecule has 0 spiro atoms. The molecule has 0 amide bonds. The number of ether oxygens (including phenoxy) is 3. The molecule has 0 aliphatic carbocycles. The minimum absolute atomic E-state index is 0.0767. The van der Waals surface area contributed by atoms with Crippen LogP contribution in [0, 0.1) is 0 Å². The number of nitrogens with zero attached hydrogens (tertiary/aromatic N) is 1. The van der Waals surface area contributed by atoms with Gasteiger partial charge in [-0.3, -0.25) is 13.8 Å². The molecule has 10 heteroatoms. The molecular formula is C46H87NO8P+. The fourth-order valence-corrected chi connectivity index (χ4v) is 7.15. The van der Waals surface area contributed by atoms with Crippen LogP contribution in [0.25, 0.3) is 0 Å². The van der Waals surface area contributed by atoms with Crippen molar-refractivity contribution in [1.82, 2.24) is 0 Å². The predicted molar refractivity (Wildman–Crippen MR) is 233 cm³/mol. The summed E-state index contributed by atoms with van der Waals surface area (Å²) in [5.74, 6) is -0.369. The number of esters is 1. The maximum Gasteiger partial charge on any atom is 0.472 e. The maximum absolute atomic E-state index is 12.7. The summed E-state index contributed by atoms with van der Waals surface area (Å²) < 4.78 is 40.8. The van der Waals surface area contributed by atoms with E-state index in [9.17, 15) is 14.3 Å². The summed E-state index contributed by atoms with van der Waals surface area (Å²) in [6, 6.07) is 0. The second kappa shape index (κ2) is 35.6. The summed E-state index contributed by atoms with van der Waals surface area (Å²) in [6.07, 6.45) is 43.5. The molecule has 0 bridgehead atoms. The molecule has 1 N–H and O–H groups in total. The number of likely N-dealkylation sites (N-methyl/N-ethyl adjacent to an activating group) is 1. The van der Waals surface area contributed by atoms with Gasteiger partial charge in [-0.05, 0) is 51.4 Å². The smallest absolute Gasteiger partial charge is 0.457 e. The summed E-state index contributed by atoms with van der Waals surface area (Å²) in [5, 5.41) is 0. The van der Waals surface area contributed by atoms with Gasteiger partial charge in [0.1, 0.15) is 19.3 Å². The van der Waals surface area contributed by atoms with E-state index in [1.165, 1.54) is 116 Å². The molecule has 1 saturated heterocycles. The molecule has 328 valence electrons. The molecular weight excluding hydrogens is 725 g/mol. The van der Waals surface area contributed by atoms with Gasteiger partial charge in [-0.25, -0.2) is 4.57 Å². The van der Waals surface area contributed by atoms with Gasteiger partial charge in [-0.1, -0.05) is 159 Å². The van der Waals surface area contributed by atoms with Gasteiger partial charge in [-0.15, -0.1) is 0 Å². The molecule has 1 fully saturated rings. The number of hydrogen-bond donors (Lipinski definition) is 1. The zero-order valence-corrected chi connectivity index (χ0v) is 37.7. The van der Waals surface area contributed by atoms with E-state index in [1.54, 1.807) is 0 Å². The van der Waals surface area contributed by atoms with E-state index in [1.807, 2.05) is 21.1 Å². The Kier molecular flexibility index (Phi) is 33.5. The van der Waals surface area contributed by atoms with Crippen LogP contribution in [0.5, 0.6) is 0 Å². The first-order valence-corrected chi connectivity index (χ1v) is 24.4. The fourth-order valence-electron chi connectivity index (χ4n) is 6.41. The normalized spacial score (nSPS) is 17.7. The third-order valence-electron chi connectivity index (χ3n) is 10.1. The summed E-state index contributed by atoms with van der Waals surface area (Å²) >= 11 is 0. The Morgan fingerprint density at radius 2 is 1.14 bits per heavy atom. The van der Waals surface area contributed by atoms with Gasteiger partial charge >= 0.3 is 13.8 Å². The van der Waals surface area contributed by atoms with Gasteiger partial charge in [0.15, 0.2) is 0 Å². The average Bonchev–Trinajstić information content (AvgIpc) is 3.91. The van der Waals surface area contributed by atoms with Crippen LogP contribution in [0.1, 0.15) is 181 Å². The van der Waals surface area contributed by atoms with Gasteiger partial charge in [0.25, 0.3) is 0 Å². The summed E-state index contributed by atoms with van der Waals surface area (Å²) in [7, 11) is 1.63. The average molecular weight is 813 g/mol. The molecule has 56 heavy (non-hydrogen) atoms. The van der Waals surface area contributed by atoms with Crippen LogP contribution in [-0.4, -0.2) is 87.8 Å². The largest absolute Gasteiger partial charge is 0.472 e. The SMILES string of the molecule is CCCCC/C=C/CC1OC1C/C=C\C/C=C\CCCC(=O)OC(COCCCCCCCCCCCCCCCCCC)COP(=O)(O)OCC[N+](C)(C)C. The number of allylic oxidation sites excluding steroid dienone is 4. The monoisotopic (exact) mass is 813 g/mol. The lowest BCUT2D eigenvalue weighted by molar-refractivity contribution is -0.870. The number of phosphoric ester groups is 1. The zero-order chi connectivity index (χ0) is 41.0. The van der Waals surface area contributed by atoms with Crippen molar-refractivity contribution in [3.63, 3.8) is 0 Å². The van der Waals surface area contributed by atoms with Gasteiger partial charge in [0.2, 0.25) is 0 Å². The highest BCUT2D eigenvalue weighted by Crippen LogP contribution is 2.43. The van der Waals surface area contributed by atoms with Crippen molar-refractivity contribution in [1.29, 1.82) is 0 Å². The van der Waals surface area contributed by atoms with Gasteiger partial charge in [0.05, 0.1) is 46.6 Å². The van der Waals surface area contributed by atoms with E-state index in [0.717, 1.165) is 38.5 Å². The standard InChI is InChI=1S/C46H86NO8P/c1-6-8-10-12-14-15-16-17-18-19-20-21-22-26-30-34-39-51-41-43(42-53-56(49,50)52-40-38-47(3,4)5)54-46(48)37-33-29-25-23-24-28-32-36-45-44(55-45)35-31-27-13-11-9-7-2/h23,25,27-28,31-32,43-45H,6-22,24,26,29-30,33-42H2,1-5H3/p+1/b25-23-,31-27+,32-28-. The lowest BCUT2D eigenvalue weighted by Crippen LogP contribution is -2.37. The van der Waals surface area contributed by atoms with Crippen molar-refractivity contribution in [2.45, 2.75) is 199 Å². The number of epoxide rings is 1. The molecule has 4 atom stereocenters. The number of hydrogen-bond acceptors (Lipinski definition) is 7. The van der Waals surface area contributed by atoms with Crippen LogP contribution in [0.2, 0.25) is 0 Å². The first-order valence-electron chi connectivity index (χ1n) is 22.9. The molecule has 1 heterocycles. The van der Waals surface area contributed by atoms with E-state index in [4.69, 9.17) is 23.3 Å². The van der Waals surface area contributed by atoms with Crippen molar-refractivity contribution >= 4 is 13.8 Å². The van der Waals surface area contributed by atoms with E-state index in [0.29, 0.717) is 36.3 Å². The second-order valence-electron chi connectivity index (χ2n) is 16.8. The molecule has 0 radical (unpaired) electrons. The van der Waals surface area contributed by atoms with Crippen LogP contribution < -0.4 is 0 Å². The number of phosphoric acid groups is 1. The van der Waals surface area contributed by atoms with Crippen LogP contribution in [-0.2, 0) is 32.6 Å². The van der Waals surface area contributed by atoms with Crippen LogP contribution >= 0.6 is 7.82 Å². The molecule has 0 saturated carbocycles. The molecule has 1 rings (SSSR count). The van der Waals surface area contributed by atoms with Gasteiger partial charge in [0, 0.05) is 13.0 Å². The Morgan fingerprint density at radius 1 is 0.643 bits per heavy atom. The number of unbranched alkanes of at least 4 members (excludes halogenated alkanes) is 19. The molecule has 9 nitrogen and oxygen atoms in total. The Bertz CT molecular complexity index is 1060. The van der Waals surface area contributed by atoms with E-state index in [2.05, 4.69) is 50.3 Å². The quantitative estimate of drug-likeness (QED) is 0.0163. The fraction of sp³-hybridized carbons (Fsp3) is 0.848. The first-order chi connectivity index (χ1) is 27.1. The molecule has 4 unspecified atom stereocenters. The lowest BCUT2D eigenvalue weighted by atomic mass is 10.0. The third kappa shape index (κ3) is 35.8. The van der Waals surface area contributed by atoms with Crippen LogP contribution in [0.3, 0.4) is 0 Å². The van der Waals surface area contributed by atoms with Crippen molar-refractivity contribution in [2.24, 2.45) is 0 Å². The van der Waals surface area contributed by atoms with Crippen molar-refractivity contribution in [2.75, 3.05) is 54.1 Å². The first kappa shape index (κ1) is 52.7. The highest BCUT2D eigenvalue weighted by molar-refractivity contribution is 7.47. The topological polar surface area (TPSA) is 104 Å². The molecule has 0 aromatic carbocycles. The van der Waals surface area contributed by atoms with E-state index in [-0.39, 0.29) is 32.2 Å². The highest BCUT2D eigenvalue weighted by Gasteiger charge is 2.36. The number of carbonyl (C=O) groups is 1. The van der Waals surface area contributed by atoms with Crippen LogP contribution in [0.15, 0.2) is 36.5 Å². The van der Waals surface area contributed by atoms with Gasteiger partial charge < -0.3 is 23.6 Å². The summed E-state index contributed by atoms with van der Waals surface area (Å²) in [6.45, 7) is 5.52. The third-order valence-corrected chi connectivity index (χ3v) is 11.1. The minimum Gasteiger partial charge on any atom is -0.457 e. The summed E-state index contributed by atoms with van der Waals surface area (Å²) in [4.78, 5) is 22.9. The highest BCUT2D eigenvalue weighted by atomic mass is 31.2. The number of quaternary nitrogens is 1. The van der Waals surface area contributed by atoms with E-state index >= 15 is 0 Å². The van der Waals surface area contributed by atoms with Crippen molar-refractivity contribution < 1.29 is 42.0 Å². The van der Waals surface area contributed by atoms with Crippen LogP contribution in [0.4, 0.5) is 0 Å². The molecule has 1 aliphatic rings. The van der Waals surface area contributed by atoms with Crippen molar-refractivity contribution in [3.8, 4) is 0 Å².